The Morgan fingerprint density at radius 3 is 2.64 bits per heavy atom. The second kappa shape index (κ2) is 8.31. The number of benzene rings is 2. The van der Waals surface area contributed by atoms with Crippen molar-refractivity contribution in [3.8, 4) is 32.5 Å². The predicted octanol–water partition coefficient (Wildman–Crippen LogP) is 5.00. The molecule has 1 aromatic heterocycles. The molecule has 5 rings (SSSR count). The number of nitrogens with zero attached hydrogens (tertiary/aromatic N) is 4. The van der Waals surface area contributed by atoms with Gasteiger partial charge in [-0.1, -0.05) is 47.2 Å². The standard InChI is InChI=1S/C24H17ClN4O3S/c1-14-4-3-5-17(10-14)29-22(30)18-12-28(13-19(21(18)27-29)23(31)32-2)24-26-11-20(33-24)15-6-8-16(25)9-7-15/h3-13H,1-2H3. The summed E-state index contributed by atoms with van der Waals surface area (Å²) in [5.41, 5.74) is 3.01. The number of thiazole rings is 1. The number of hydrogen-bond donors (Lipinski definition) is 0. The van der Waals surface area contributed by atoms with Crippen molar-refractivity contribution < 1.29 is 9.53 Å². The lowest BCUT2D eigenvalue weighted by molar-refractivity contribution is 0.0600. The Balaban J connectivity index is 1.67. The monoisotopic (exact) mass is 476 g/mol. The van der Waals surface area contributed by atoms with Gasteiger partial charge in [0.25, 0.3) is 5.56 Å². The van der Waals surface area contributed by atoms with E-state index in [0.717, 1.165) is 16.0 Å². The van der Waals surface area contributed by atoms with Gasteiger partial charge in [-0.25, -0.2) is 9.78 Å². The molecule has 2 aromatic carbocycles. The molecule has 0 amide bonds. The summed E-state index contributed by atoms with van der Waals surface area (Å²) in [5.74, 6) is -0.585. The molecule has 0 unspecified atom stereocenters. The number of carbonyl (C=O) groups excluding carboxylic acids is 1. The van der Waals surface area contributed by atoms with Gasteiger partial charge in [0.2, 0.25) is 0 Å². The quantitative estimate of drug-likeness (QED) is 0.341. The summed E-state index contributed by atoms with van der Waals surface area (Å²) < 4.78 is 7.92. The molecule has 7 nitrogen and oxygen atoms in total. The third kappa shape index (κ3) is 3.83. The predicted molar refractivity (Wildman–Crippen MR) is 128 cm³/mol. The molecule has 9 heteroatoms. The van der Waals surface area contributed by atoms with E-state index >= 15 is 0 Å². The number of esters is 1. The SMILES string of the molecule is COC(=O)c1cn(-c2ncc(-c3ccc(Cl)cc3)s2)cc2c(=O)n(-c3cccc(C)c3)nc1-2. The molecule has 0 aliphatic carbocycles. The zero-order valence-corrected chi connectivity index (χ0v) is 19.2. The van der Waals surface area contributed by atoms with Crippen molar-refractivity contribution in [3.05, 3.63) is 93.6 Å². The van der Waals surface area contributed by atoms with Gasteiger partial charge in [-0.3, -0.25) is 9.36 Å². The molecule has 0 saturated heterocycles. The molecular weight excluding hydrogens is 460 g/mol. The molecule has 3 heterocycles. The van der Waals surface area contributed by atoms with E-state index in [1.54, 1.807) is 29.2 Å². The van der Waals surface area contributed by atoms with Gasteiger partial charge in [-0.05, 0) is 42.3 Å². The van der Waals surface area contributed by atoms with Crippen molar-refractivity contribution in [1.82, 2.24) is 19.3 Å². The summed E-state index contributed by atoms with van der Waals surface area (Å²) in [5, 5.41) is 5.69. The number of rotatable bonds is 4. The number of pyridine rings is 1. The van der Waals surface area contributed by atoms with Gasteiger partial charge in [0.1, 0.15) is 11.3 Å². The third-order valence-corrected chi connectivity index (χ3v) is 6.48. The molecule has 0 radical (unpaired) electrons. The maximum absolute atomic E-state index is 13.3. The van der Waals surface area contributed by atoms with Crippen molar-refractivity contribution in [2.24, 2.45) is 0 Å². The number of aromatic nitrogens is 4. The van der Waals surface area contributed by atoms with Crippen LogP contribution in [-0.2, 0) is 4.74 Å². The summed E-state index contributed by atoms with van der Waals surface area (Å²) in [6.07, 6.45) is 4.98. The fourth-order valence-electron chi connectivity index (χ4n) is 3.54. The summed E-state index contributed by atoms with van der Waals surface area (Å²) in [7, 11) is 1.29. The minimum atomic E-state index is -0.585. The van der Waals surface area contributed by atoms with E-state index in [1.165, 1.54) is 23.1 Å². The fourth-order valence-corrected chi connectivity index (χ4v) is 4.54. The van der Waals surface area contributed by atoms with E-state index in [9.17, 15) is 9.59 Å². The Morgan fingerprint density at radius 2 is 1.91 bits per heavy atom. The summed E-state index contributed by atoms with van der Waals surface area (Å²) in [6.45, 7) is 1.94. The van der Waals surface area contributed by atoms with Crippen LogP contribution in [0, 0.1) is 6.92 Å². The average Bonchev–Trinajstić information content (AvgIpc) is 3.44. The highest BCUT2D eigenvalue weighted by molar-refractivity contribution is 7.17. The Kier molecular flexibility index (Phi) is 5.32. The Bertz CT molecular complexity index is 1520. The van der Waals surface area contributed by atoms with Gasteiger partial charge in [0, 0.05) is 23.6 Å². The van der Waals surface area contributed by atoms with Crippen molar-refractivity contribution in [1.29, 1.82) is 0 Å². The number of methoxy groups -OCH3 is 1. The Labute approximate surface area is 197 Å². The van der Waals surface area contributed by atoms with Crippen molar-refractivity contribution in [3.63, 3.8) is 0 Å². The molecule has 2 aliphatic heterocycles. The fraction of sp³-hybridized carbons (Fsp3) is 0.0833. The van der Waals surface area contributed by atoms with Crippen molar-refractivity contribution in [2.45, 2.75) is 6.92 Å². The molecule has 0 N–H and O–H groups in total. The summed E-state index contributed by atoms with van der Waals surface area (Å²) in [6, 6.07) is 14.9. The average molecular weight is 477 g/mol. The lowest BCUT2D eigenvalue weighted by Crippen LogP contribution is -2.15. The van der Waals surface area contributed by atoms with Crippen LogP contribution in [-0.4, -0.2) is 32.4 Å². The van der Waals surface area contributed by atoms with E-state index < -0.39 is 5.97 Å². The molecule has 33 heavy (non-hydrogen) atoms. The zero-order chi connectivity index (χ0) is 23.1. The first kappa shape index (κ1) is 21.1. The number of aryl methyl sites for hydroxylation is 1. The number of ether oxygens (including phenoxy) is 1. The molecule has 0 atom stereocenters. The van der Waals surface area contributed by atoms with E-state index in [0.29, 0.717) is 21.4 Å². The summed E-state index contributed by atoms with van der Waals surface area (Å²) >= 11 is 7.41. The van der Waals surface area contributed by atoms with Gasteiger partial charge in [-0.2, -0.15) is 9.78 Å². The van der Waals surface area contributed by atoms with Gasteiger partial charge in [0.05, 0.1) is 23.2 Å². The highest BCUT2D eigenvalue weighted by atomic mass is 35.5. The van der Waals surface area contributed by atoms with Gasteiger partial charge in [0.15, 0.2) is 5.13 Å². The van der Waals surface area contributed by atoms with Crippen LogP contribution in [0.3, 0.4) is 0 Å². The second-order valence-electron chi connectivity index (χ2n) is 7.40. The van der Waals surface area contributed by atoms with E-state index in [-0.39, 0.29) is 16.8 Å². The first-order valence-electron chi connectivity index (χ1n) is 9.97. The van der Waals surface area contributed by atoms with Gasteiger partial charge >= 0.3 is 5.97 Å². The largest absolute Gasteiger partial charge is 0.465 e. The van der Waals surface area contributed by atoms with Gasteiger partial charge < -0.3 is 4.74 Å². The molecule has 2 aliphatic rings. The number of fused-ring (bicyclic) bond motifs is 1. The summed E-state index contributed by atoms with van der Waals surface area (Å²) in [4.78, 5) is 31.2. The smallest absolute Gasteiger partial charge is 0.341 e. The maximum Gasteiger partial charge on any atom is 0.341 e. The molecular formula is C24H17ClN4O3S. The molecule has 0 spiro atoms. The van der Waals surface area contributed by atoms with Crippen LogP contribution in [0.25, 0.3) is 32.5 Å². The van der Waals surface area contributed by atoms with E-state index in [4.69, 9.17) is 16.3 Å². The van der Waals surface area contributed by atoms with Crippen LogP contribution in [0.1, 0.15) is 15.9 Å². The maximum atomic E-state index is 13.3. The second-order valence-corrected chi connectivity index (χ2v) is 8.85. The molecule has 164 valence electrons. The number of hydrogen-bond acceptors (Lipinski definition) is 6. The minimum absolute atomic E-state index is 0.182. The molecule has 0 fully saturated rings. The topological polar surface area (TPSA) is 79.0 Å². The van der Waals surface area contributed by atoms with Crippen LogP contribution >= 0.6 is 22.9 Å². The minimum Gasteiger partial charge on any atom is -0.465 e. The third-order valence-electron chi connectivity index (χ3n) is 5.16. The lowest BCUT2D eigenvalue weighted by Gasteiger charge is -2.09. The molecule has 0 saturated carbocycles. The van der Waals surface area contributed by atoms with Crippen LogP contribution in [0.15, 0.2) is 71.9 Å². The molecule has 3 aromatic rings. The van der Waals surface area contributed by atoms with Crippen LogP contribution in [0.4, 0.5) is 0 Å². The van der Waals surface area contributed by atoms with Crippen LogP contribution in [0.5, 0.6) is 0 Å². The Morgan fingerprint density at radius 1 is 1.12 bits per heavy atom. The lowest BCUT2D eigenvalue weighted by atomic mass is 10.1. The first-order valence-corrected chi connectivity index (χ1v) is 11.2. The highest BCUT2D eigenvalue weighted by Gasteiger charge is 2.26. The van der Waals surface area contributed by atoms with Crippen LogP contribution < -0.4 is 5.56 Å². The zero-order valence-electron chi connectivity index (χ0n) is 17.7. The molecule has 0 bridgehead atoms. The van der Waals surface area contributed by atoms with Crippen molar-refractivity contribution in [2.75, 3.05) is 7.11 Å². The number of halogens is 1. The van der Waals surface area contributed by atoms with Gasteiger partial charge in [-0.15, -0.1) is 0 Å². The van der Waals surface area contributed by atoms with E-state index in [1.807, 2.05) is 49.4 Å². The normalized spacial score (nSPS) is 11.1. The highest BCUT2D eigenvalue weighted by Crippen LogP contribution is 2.31. The van der Waals surface area contributed by atoms with Crippen LogP contribution in [0.2, 0.25) is 5.02 Å². The first-order chi connectivity index (χ1) is 15.9. The number of carbonyl (C=O) groups is 1. The Hall–Kier alpha value is -3.75. The van der Waals surface area contributed by atoms with Crippen molar-refractivity contribution >= 4 is 28.9 Å². The van der Waals surface area contributed by atoms with E-state index in [2.05, 4.69) is 10.1 Å².